The van der Waals surface area contributed by atoms with E-state index in [2.05, 4.69) is 10.1 Å². The zero-order valence-electron chi connectivity index (χ0n) is 13.3. The number of hydrogen-bond donors (Lipinski definition) is 0. The number of rotatable bonds is 4. The number of ether oxygens (including phenoxy) is 1. The van der Waals surface area contributed by atoms with Crippen molar-refractivity contribution in [2.24, 2.45) is 4.99 Å². The van der Waals surface area contributed by atoms with Crippen molar-refractivity contribution in [3.63, 3.8) is 0 Å². The summed E-state index contributed by atoms with van der Waals surface area (Å²) in [5.74, 6) is 0.419. The summed E-state index contributed by atoms with van der Waals surface area (Å²) in [6, 6.07) is 13.8. The molecule has 1 aromatic heterocycles. The van der Waals surface area contributed by atoms with Crippen LogP contribution in [0.2, 0.25) is 5.02 Å². The van der Waals surface area contributed by atoms with Crippen LogP contribution in [0, 0.1) is 5.82 Å². The molecule has 25 heavy (non-hydrogen) atoms. The Kier molecular flexibility index (Phi) is 4.24. The van der Waals surface area contributed by atoms with Gasteiger partial charge in [0.15, 0.2) is 5.90 Å². The zero-order chi connectivity index (χ0) is 17.2. The van der Waals surface area contributed by atoms with E-state index < -0.39 is 0 Å². The van der Waals surface area contributed by atoms with E-state index in [0.29, 0.717) is 30.5 Å². The van der Waals surface area contributed by atoms with Gasteiger partial charge in [0.2, 0.25) is 0 Å². The van der Waals surface area contributed by atoms with E-state index in [9.17, 15) is 4.39 Å². The summed E-state index contributed by atoms with van der Waals surface area (Å²) in [6.07, 6.45) is 2.45. The Morgan fingerprint density at radius 2 is 1.84 bits per heavy atom. The van der Waals surface area contributed by atoms with Crippen LogP contribution in [0.3, 0.4) is 0 Å². The van der Waals surface area contributed by atoms with Gasteiger partial charge in [-0.05, 0) is 42.0 Å². The molecule has 0 aliphatic carbocycles. The topological polar surface area (TPSA) is 39.4 Å². The van der Waals surface area contributed by atoms with E-state index in [-0.39, 0.29) is 5.82 Å². The molecule has 0 bridgehead atoms. The van der Waals surface area contributed by atoms with Gasteiger partial charge in [0, 0.05) is 16.8 Å². The Balaban J connectivity index is 1.76. The molecular formula is C19H15ClFN3O. The van der Waals surface area contributed by atoms with Gasteiger partial charge in [-0.1, -0.05) is 23.7 Å². The Morgan fingerprint density at radius 1 is 1.08 bits per heavy atom. The molecule has 0 unspecified atom stereocenters. The molecule has 1 aliphatic heterocycles. The summed E-state index contributed by atoms with van der Waals surface area (Å²) in [5.41, 5.74) is 3.62. The Labute approximate surface area is 149 Å². The van der Waals surface area contributed by atoms with Crippen LogP contribution in [0.1, 0.15) is 5.69 Å². The summed E-state index contributed by atoms with van der Waals surface area (Å²) < 4.78 is 20.5. The number of nitrogens with zero attached hydrogens (tertiary/aromatic N) is 3. The summed E-state index contributed by atoms with van der Waals surface area (Å²) in [7, 11) is 0. The predicted octanol–water partition coefficient (Wildman–Crippen LogP) is 4.30. The molecule has 2 aromatic carbocycles. The molecule has 0 fully saturated rings. The van der Waals surface area contributed by atoms with Gasteiger partial charge in [-0.15, -0.1) is 0 Å². The third-order valence-electron chi connectivity index (χ3n) is 4.00. The zero-order valence-corrected chi connectivity index (χ0v) is 14.1. The van der Waals surface area contributed by atoms with Gasteiger partial charge in [-0.3, -0.25) is 4.99 Å². The van der Waals surface area contributed by atoms with Crippen LogP contribution < -0.4 is 0 Å². The van der Waals surface area contributed by atoms with Crippen molar-refractivity contribution in [1.29, 1.82) is 0 Å². The third kappa shape index (κ3) is 3.42. The molecule has 4 nitrogen and oxygen atoms in total. The average Bonchev–Trinajstić information content (AvgIpc) is 3.27. The lowest BCUT2D eigenvalue weighted by molar-refractivity contribution is 0.340. The average molecular weight is 356 g/mol. The fourth-order valence-corrected chi connectivity index (χ4v) is 2.89. The Hall–Kier alpha value is -2.66. The fourth-order valence-electron chi connectivity index (χ4n) is 2.77. The molecule has 126 valence electrons. The van der Waals surface area contributed by atoms with E-state index >= 15 is 0 Å². The van der Waals surface area contributed by atoms with Crippen LogP contribution >= 0.6 is 11.6 Å². The van der Waals surface area contributed by atoms with Gasteiger partial charge in [0.1, 0.15) is 12.4 Å². The highest BCUT2D eigenvalue weighted by molar-refractivity contribution is 6.30. The van der Waals surface area contributed by atoms with Crippen molar-refractivity contribution >= 4 is 17.5 Å². The third-order valence-corrected chi connectivity index (χ3v) is 4.26. The largest absolute Gasteiger partial charge is 0.479 e. The first-order valence-electron chi connectivity index (χ1n) is 7.95. The molecule has 2 heterocycles. The van der Waals surface area contributed by atoms with Crippen LogP contribution in [-0.4, -0.2) is 28.8 Å². The molecule has 0 spiro atoms. The van der Waals surface area contributed by atoms with E-state index in [0.717, 1.165) is 22.5 Å². The summed E-state index contributed by atoms with van der Waals surface area (Å²) in [6.45, 7) is 1.30. The van der Waals surface area contributed by atoms with Crippen molar-refractivity contribution in [3.8, 4) is 16.8 Å². The molecule has 4 rings (SSSR count). The van der Waals surface area contributed by atoms with Gasteiger partial charge in [0.05, 0.1) is 24.3 Å². The molecule has 0 radical (unpaired) electrons. The first-order valence-corrected chi connectivity index (χ1v) is 8.33. The maximum Gasteiger partial charge on any atom is 0.189 e. The molecule has 0 N–H and O–H groups in total. The molecule has 3 aromatic rings. The minimum absolute atomic E-state index is 0.275. The molecule has 0 saturated carbocycles. The smallest absolute Gasteiger partial charge is 0.189 e. The highest BCUT2D eigenvalue weighted by atomic mass is 35.5. The SMILES string of the molecule is Fc1ccc(-n2cc(-c3ccc(Cl)cc3)c(CC3=NCCO3)n2)cc1. The standard InChI is InChI=1S/C19H15ClFN3O/c20-14-3-1-13(2-4-14)17-12-24(16-7-5-15(21)6-8-16)23-18(17)11-19-22-9-10-25-19/h1-8,12H,9-11H2. The van der Waals surface area contributed by atoms with E-state index in [4.69, 9.17) is 16.3 Å². The van der Waals surface area contributed by atoms with Gasteiger partial charge in [0.25, 0.3) is 0 Å². The second-order valence-electron chi connectivity index (χ2n) is 5.72. The molecular weight excluding hydrogens is 341 g/mol. The van der Waals surface area contributed by atoms with Crippen molar-refractivity contribution in [1.82, 2.24) is 9.78 Å². The van der Waals surface area contributed by atoms with Crippen molar-refractivity contribution in [2.75, 3.05) is 13.2 Å². The lowest BCUT2D eigenvalue weighted by Crippen LogP contribution is -2.05. The van der Waals surface area contributed by atoms with Crippen LogP contribution in [0.5, 0.6) is 0 Å². The number of halogens is 2. The minimum atomic E-state index is -0.275. The van der Waals surface area contributed by atoms with E-state index in [1.54, 1.807) is 16.8 Å². The summed E-state index contributed by atoms with van der Waals surface area (Å²) in [5, 5.41) is 5.35. The van der Waals surface area contributed by atoms with Gasteiger partial charge >= 0.3 is 0 Å². The summed E-state index contributed by atoms with van der Waals surface area (Å²) in [4.78, 5) is 4.35. The van der Waals surface area contributed by atoms with Crippen LogP contribution in [0.4, 0.5) is 4.39 Å². The lowest BCUT2D eigenvalue weighted by atomic mass is 10.1. The number of aliphatic imine (C=N–C) groups is 1. The molecule has 1 aliphatic rings. The van der Waals surface area contributed by atoms with Gasteiger partial charge in [-0.25, -0.2) is 9.07 Å². The quantitative estimate of drug-likeness (QED) is 0.699. The van der Waals surface area contributed by atoms with E-state index in [1.165, 1.54) is 12.1 Å². The van der Waals surface area contributed by atoms with Crippen molar-refractivity contribution in [2.45, 2.75) is 6.42 Å². The maximum absolute atomic E-state index is 13.2. The second-order valence-corrected chi connectivity index (χ2v) is 6.15. The Bertz CT molecular complexity index is 917. The first kappa shape index (κ1) is 15.8. The van der Waals surface area contributed by atoms with Gasteiger partial charge in [-0.2, -0.15) is 5.10 Å². The fraction of sp³-hybridized carbons (Fsp3) is 0.158. The van der Waals surface area contributed by atoms with E-state index in [1.807, 2.05) is 30.5 Å². The molecule has 0 saturated heterocycles. The molecule has 0 atom stereocenters. The van der Waals surface area contributed by atoms with Crippen LogP contribution in [-0.2, 0) is 11.2 Å². The Morgan fingerprint density at radius 3 is 2.52 bits per heavy atom. The highest BCUT2D eigenvalue weighted by Gasteiger charge is 2.17. The monoisotopic (exact) mass is 355 g/mol. The molecule has 6 heteroatoms. The lowest BCUT2D eigenvalue weighted by Gasteiger charge is -2.03. The normalized spacial score (nSPS) is 13.6. The number of aromatic nitrogens is 2. The number of benzene rings is 2. The maximum atomic E-state index is 13.2. The minimum Gasteiger partial charge on any atom is -0.479 e. The van der Waals surface area contributed by atoms with Crippen molar-refractivity contribution < 1.29 is 9.13 Å². The summed E-state index contributed by atoms with van der Waals surface area (Å²) >= 11 is 6.00. The first-order chi connectivity index (χ1) is 12.2. The van der Waals surface area contributed by atoms with Crippen LogP contribution in [0.25, 0.3) is 16.8 Å². The highest BCUT2D eigenvalue weighted by Crippen LogP contribution is 2.27. The number of hydrogen-bond acceptors (Lipinski definition) is 3. The van der Waals surface area contributed by atoms with Crippen LogP contribution in [0.15, 0.2) is 59.7 Å². The van der Waals surface area contributed by atoms with Crippen molar-refractivity contribution in [3.05, 3.63) is 71.3 Å². The van der Waals surface area contributed by atoms with Gasteiger partial charge < -0.3 is 4.74 Å². The molecule has 0 amide bonds. The second kappa shape index (κ2) is 6.69. The predicted molar refractivity (Wildman–Crippen MR) is 95.9 cm³/mol.